The summed E-state index contributed by atoms with van der Waals surface area (Å²) in [5, 5.41) is 7.05. The molecule has 18 heteroatoms. The van der Waals surface area contributed by atoms with Crippen LogP contribution in [0.25, 0.3) is 32.9 Å². The Morgan fingerprint density at radius 2 is 1.64 bits per heavy atom. The second-order valence-electron chi connectivity index (χ2n) is 18.0. The van der Waals surface area contributed by atoms with Gasteiger partial charge < -0.3 is 44.5 Å². The number of alkyl halides is 3. The summed E-state index contributed by atoms with van der Waals surface area (Å²) in [6.07, 6.45) is 0.0649. The average Bonchev–Trinajstić information content (AvgIpc) is 3.94. The number of anilines is 1. The van der Waals surface area contributed by atoms with Gasteiger partial charge in [-0.2, -0.15) is 0 Å². The second kappa shape index (κ2) is 18.1. The Kier molecular flexibility index (Phi) is 12.3. The normalized spacial score (nSPS) is 22.2. The largest absolute Gasteiger partial charge is 0.573 e. The first-order valence-electron chi connectivity index (χ1n) is 22.5. The van der Waals surface area contributed by atoms with Gasteiger partial charge in [0.05, 0.1) is 24.2 Å². The third-order valence-corrected chi connectivity index (χ3v) is 13.6. The van der Waals surface area contributed by atoms with Gasteiger partial charge in [0.15, 0.2) is 0 Å². The molecule has 64 heavy (non-hydrogen) atoms. The fourth-order valence-electron chi connectivity index (χ4n) is 10.1. The summed E-state index contributed by atoms with van der Waals surface area (Å²) in [6.45, 7) is 7.38. The number of amides is 5. The monoisotopic (exact) mass is 888 g/mol. The van der Waals surface area contributed by atoms with Gasteiger partial charge in [-0.1, -0.05) is 25.1 Å². The molecule has 5 aliphatic rings. The van der Waals surface area contributed by atoms with Crippen molar-refractivity contribution >= 4 is 51.4 Å². The maximum atomic E-state index is 14.2. The molecule has 4 aromatic rings. The van der Waals surface area contributed by atoms with Gasteiger partial charge in [-0.15, -0.1) is 13.2 Å². The Hall–Kier alpha value is -5.62. The summed E-state index contributed by atoms with van der Waals surface area (Å²) in [7, 11) is 1.27. The molecule has 3 N–H and O–H groups in total. The first kappa shape index (κ1) is 43.6. The number of carbonyl (C=O) groups is 4. The Balaban J connectivity index is 0.895. The third kappa shape index (κ3) is 9.43. The number of piperazine rings is 1. The molecule has 0 bridgehead atoms. The smallest absolute Gasteiger partial charge is 0.453 e. The number of imidazole rings is 1. The highest BCUT2D eigenvalue weighted by Gasteiger charge is 2.43. The summed E-state index contributed by atoms with van der Waals surface area (Å²) in [5.74, 6) is 0.512. The van der Waals surface area contributed by atoms with E-state index in [2.05, 4.69) is 32.2 Å². The van der Waals surface area contributed by atoms with Crippen molar-refractivity contribution in [1.29, 1.82) is 0 Å². The zero-order chi connectivity index (χ0) is 44.7. The van der Waals surface area contributed by atoms with E-state index in [1.54, 1.807) is 28.0 Å². The minimum absolute atomic E-state index is 0.111. The van der Waals surface area contributed by atoms with Gasteiger partial charge in [0.25, 0.3) is 0 Å². The lowest BCUT2D eigenvalue weighted by atomic mass is 9.90. The van der Waals surface area contributed by atoms with Gasteiger partial charge in [0.2, 0.25) is 11.8 Å². The zero-order valence-corrected chi connectivity index (χ0v) is 36.1. The van der Waals surface area contributed by atoms with Gasteiger partial charge in [0, 0.05) is 93.7 Å². The maximum Gasteiger partial charge on any atom is 0.573 e. The van der Waals surface area contributed by atoms with Gasteiger partial charge in [-0.3, -0.25) is 14.5 Å². The molecule has 342 valence electrons. The lowest BCUT2D eigenvalue weighted by Crippen LogP contribution is -2.55. The van der Waals surface area contributed by atoms with Crippen molar-refractivity contribution in [1.82, 2.24) is 34.9 Å². The predicted molar refractivity (Wildman–Crippen MR) is 231 cm³/mol. The molecule has 0 spiro atoms. The number of nitrogens with zero attached hydrogens (tertiary/aromatic N) is 5. The van der Waals surface area contributed by atoms with E-state index in [4.69, 9.17) is 14.5 Å². The van der Waals surface area contributed by atoms with Crippen molar-refractivity contribution in [3.05, 3.63) is 54.4 Å². The van der Waals surface area contributed by atoms with Crippen LogP contribution in [0.4, 0.5) is 28.4 Å². The van der Waals surface area contributed by atoms with Crippen molar-refractivity contribution in [2.45, 2.75) is 76.4 Å². The quantitative estimate of drug-likeness (QED) is 0.163. The number of hydrogen-bond donors (Lipinski definition) is 3. The molecule has 15 nitrogen and oxygen atoms in total. The van der Waals surface area contributed by atoms with Crippen LogP contribution < -0.4 is 15.4 Å². The summed E-state index contributed by atoms with van der Waals surface area (Å²) >= 11 is 0. The van der Waals surface area contributed by atoms with Crippen LogP contribution in [0.3, 0.4) is 0 Å². The molecule has 5 fully saturated rings. The molecular weight excluding hydrogens is 834 g/mol. The van der Waals surface area contributed by atoms with Crippen LogP contribution in [0.2, 0.25) is 0 Å². The third-order valence-electron chi connectivity index (χ3n) is 13.6. The summed E-state index contributed by atoms with van der Waals surface area (Å²) < 4.78 is 56.6. The van der Waals surface area contributed by atoms with Crippen molar-refractivity contribution in [3.8, 4) is 16.9 Å². The topological polar surface area (TPSA) is 162 Å². The SMILES string of the molecule is COC(=O)N[C@H](C(=O)N1C[C@@H](C)C[C@H]1c1nc2c(ccc3cc(-c4ccc(NC(=O)N5CCN(C6CCN(C(=O)C7CC7)CC6)CC5)cc4OC(F)(F)F)ccc32)[nH]1)C1CCOCC1. The molecule has 5 heterocycles. The maximum absolute atomic E-state index is 14.2. The number of urea groups is 1. The Morgan fingerprint density at radius 1 is 0.891 bits per heavy atom. The number of piperidine rings is 1. The first-order chi connectivity index (χ1) is 30.8. The van der Waals surface area contributed by atoms with Crippen LogP contribution in [0, 0.1) is 17.8 Å². The Morgan fingerprint density at radius 3 is 2.34 bits per heavy atom. The van der Waals surface area contributed by atoms with Crippen LogP contribution in [0.5, 0.6) is 5.75 Å². The number of rotatable bonds is 9. The number of likely N-dealkylation sites (tertiary alicyclic amines) is 2. The van der Waals surface area contributed by atoms with Crippen molar-refractivity contribution < 1.29 is 46.6 Å². The number of alkyl carbamates (subject to hydrolysis) is 1. The summed E-state index contributed by atoms with van der Waals surface area (Å²) in [4.78, 5) is 68.8. The molecule has 5 amide bonds. The van der Waals surface area contributed by atoms with Crippen LogP contribution in [-0.4, -0.2) is 138 Å². The minimum Gasteiger partial charge on any atom is -0.453 e. The van der Waals surface area contributed by atoms with Crippen LogP contribution in [0.1, 0.15) is 63.7 Å². The number of nitrogens with one attached hydrogen (secondary N) is 3. The summed E-state index contributed by atoms with van der Waals surface area (Å²) in [6, 6.07) is 12.1. The number of methoxy groups -OCH3 is 1. The Bertz CT molecular complexity index is 2390. The van der Waals surface area contributed by atoms with E-state index in [-0.39, 0.29) is 46.9 Å². The van der Waals surface area contributed by atoms with Crippen LogP contribution in [-0.2, 0) is 19.1 Å². The average molecular weight is 889 g/mol. The molecule has 3 atom stereocenters. The lowest BCUT2D eigenvalue weighted by Gasteiger charge is -2.42. The zero-order valence-electron chi connectivity index (χ0n) is 36.1. The number of ether oxygens (including phenoxy) is 3. The molecule has 1 aromatic heterocycles. The molecule has 4 aliphatic heterocycles. The van der Waals surface area contributed by atoms with Crippen molar-refractivity contribution in [2.24, 2.45) is 17.8 Å². The number of carbonyl (C=O) groups excluding carboxylic acids is 4. The fraction of sp³-hybridized carbons (Fsp3) is 0.543. The highest BCUT2D eigenvalue weighted by Crippen LogP contribution is 2.40. The van der Waals surface area contributed by atoms with E-state index < -0.39 is 30.3 Å². The van der Waals surface area contributed by atoms with Gasteiger partial charge in [-0.25, -0.2) is 14.6 Å². The number of fused-ring (bicyclic) bond motifs is 3. The van der Waals surface area contributed by atoms with Crippen LogP contribution >= 0.6 is 0 Å². The first-order valence-corrected chi connectivity index (χ1v) is 22.5. The number of aromatic amines is 1. The highest BCUT2D eigenvalue weighted by molar-refractivity contribution is 6.05. The second-order valence-corrected chi connectivity index (χ2v) is 18.0. The number of halogens is 3. The van der Waals surface area contributed by atoms with Gasteiger partial charge in [-0.05, 0) is 92.0 Å². The molecule has 9 rings (SSSR count). The number of aromatic nitrogens is 2. The van der Waals surface area contributed by atoms with E-state index in [1.165, 1.54) is 19.2 Å². The van der Waals surface area contributed by atoms with Gasteiger partial charge in [0.1, 0.15) is 17.6 Å². The predicted octanol–water partition coefficient (Wildman–Crippen LogP) is 6.89. The molecule has 0 unspecified atom stereocenters. The van der Waals surface area contributed by atoms with E-state index in [0.29, 0.717) is 88.1 Å². The van der Waals surface area contributed by atoms with Gasteiger partial charge >= 0.3 is 18.5 Å². The van der Waals surface area contributed by atoms with E-state index in [9.17, 15) is 32.3 Å². The number of H-pyrrole nitrogens is 1. The standard InChI is InChI=1S/C46H55F3N8O7/c1-27-23-37(57(26-27)43(59)39(53-45(61)62-2)28-13-21-63-22-14-28)41-51-36-10-6-31-24-30(5-8-35(31)40(36)52-41)34-9-7-32(25-38(34)64-46(47,48)49)50-44(60)56-19-17-54(18-20-56)33-11-15-55(16-12-33)42(58)29-3-4-29/h5-10,24-25,27-29,33,37,39H,3-4,11-23,26H2,1-2H3,(H,50,60)(H,51,52)(H,53,61)/t27-,37-,39-/m0/s1. The lowest BCUT2D eigenvalue weighted by molar-refractivity contribution is -0.274. The van der Waals surface area contributed by atoms with E-state index in [1.807, 2.05) is 23.1 Å². The number of benzene rings is 3. The van der Waals surface area contributed by atoms with Crippen LogP contribution in [0.15, 0.2) is 48.5 Å². The Labute approximate surface area is 368 Å². The van der Waals surface area contributed by atoms with E-state index >= 15 is 0 Å². The highest BCUT2D eigenvalue weighted by atomic mass is 19.4. The van der Waals surface area contributed by atoms with Crippen molar-refractivity contribution in [3.63, 3.8) is 0 Å². The van der Waals surface area contributed by atoms with Crippen molar-refractivity contribution in [2.75, 3.05) is 71.5 Å². The summed E-state index contributed by atoms with van der Waals surface area (Å²) in [5.41, 5.74) is 2.21. The van der Waals surface area contributed by atoms with E-state index in [0.717, 1.165) is 55.1 Å². The number of hydrogen-bond acceptors (Lipinski definition) is 9. The molecule has 1 aliphatic carbocycles. The fourth-order valence-corrected chi connectivity index (χ4v) is 10.1. The molecule has 0 radical (unpaired) electrons. The molecular formula is C46H55F3N8O7. The molecule has 4 saturated heterocycles. The molecule has 1 saturated carbocycles. The minimum atomic E-state index is -4.99. The molecule has 3 aromatic carbocycles.